The van der Waals surface area contributed by atoms with Gasteiger partial charge in [0, 0.05) is 12.7 Å². The Kier molecular flexibility index (Phi) is 5.27. The van der Waals surface area contributed by atoms with Crippen LogP contribution in [0.3, 0.4) is 0 Å². The molecule has 27 heavy (non-hydrogen) atoms. The van der Waals surface area contributed by atoms with E-state index in [-0.39, 0.29) is 10.3 Å². The predicted octanol–water partition coefficient (Wildman–Crippen LogP) is 3.46. The fraction of sp³-hybridized carbons (Fsp3) is 0.0588. The summed E-state index contributed by atoms with van der Waals surface area (Å²) in [6.07, 6.45) is 1.32. The number of nitrogens with one attached hydrogen (secondary N) is 1. The summed E-state index contributed by atoms with van der Waals surface area (Å²) in [5.74, 6) is -0.499. The van der Waals surface area contributed by atoms with E-state index in [2.05, 4.69) is 21.2 Å². The lowest BCUT2D eigenvalue weighted by Crippen LogP contribution is -2.39. The molecule has 0 aliphatic carbocycles. The van der Waals surface area contributed by atoms with Crippen molar-refractivity contribution >= 4 is 33.3 Å². The maximum absolute atomic E-state index is 13.4. The van der Waals surface area contributed by atoms with Crippen molar-refractivity contribution in [3.63, 3.8) is 0 Å². The number of hydrogen-bond donors (Lipinski definition) is 2. The summed E-state index contributed by atoms with van der Waals surface area (Å²) in [5, 5.41) is 22.8. The highest BCUT2D eigenvalue weighted by Crippen LogP contribution is 2.27. The van der Waals surface area contributed by atoms with Crippen LogP contribution in [0, 0.1) is 17.1 Å². The Morgan fingerprint density at radius 3 is 2.85 bits per heavy atom. The first-order valence-corrected chi connectivity index (χ1v) is 8.36. The molecule has 0 spiro atoms. The summed E-state index contributed by atoms with van der Waals surface area (Å²) >= 11 is 3.07. The monoisotopic (exact) mass is 433 g/mol. The van der Waals surface area contributed by atoms with E-state index >= 15 is 0 Å². The molecule has 0 aromatic heterocycles. The number of nitrogens with zero attached hydrogens (tertiary/aromatic N) is 4. The third-order valence-corrected chi connectivity index (χ3v) is 4.28. The van der Waals surface area contributed by atoms with Gasteiger partial charge in [-0.2, -0.15) is 10.3 Å². The zero-order valence-electron chi connectivity index (χ0n) is 13.9. The number of amides is 2. The zero-order chi connectivity index (χ0) is 19.6. The van der Waals surface area contributed by atoms with Crippen LogP contribution < -0.4 is 15.3 Å². The van der Waals surface area contributed by atoms with Crippen LogP contribution in [0.1, 0.15) is 5.56 Å². The van der Waals surface area contributed by atoms with Gasteiger partial charge in [-0.25, -0.2) is 9.18 Å². The van der Waals surface area contributed by atoms with E-state index in [0.29, 0.717) is 22.2 Å². The van der Waals surface area contributed by atoms with Crippen molar-refractivity contribution in [3.05, 3.63) is 70.3 Å². The second kappa shape index (κ2) is 7.63. The van der Waals surface area contributed by atoms with Crippen molar-refractivity contribution in [2.75, 3.05) is 17.0 Å². The van der Waals surface area contributed by atoms with Crippen molar-refractivity contribution in [2.45, 2.75) is 0 Å². The van der Waals surface area contributed by atoms with E-state index < -0.39 is 11.8 Å². The Morgan fingerprint density at radius 2 is 2.15 bits per heavy atom. The van der Waals surface area contributed by atoms with Crippen LogP contribution in [-0.4, -0.2) is 23.5 Å². The van der Waals surface area contributed by atoms with Gasteiger partial charge >= 0.3 is 6.03 Å². The second-order valence-corrected chi connectivity index (χ2v) is 6.30. The van der Waals surface area contributed by atoms with E-state index in [0.717, 1.165) is 5.06 Å². The lowest BCUT2D eigenvalue weighted by Gasteiger charge is -2.20. The average Bonchev–Trinajstić information content (AvgIpc) is 3.03. The van der Waals surface area contributed by atoms with E-state index in [1.165, 1.54) is 36.3 Å². The number of halogens is 2. The van der Waals surface area contributed by atoms with Gasteiger partial charge in [0.15, 0.2) is 5.82 Å². The van der Waals surface area contributed by atoms with Gasteiger partial charge in [0.05, 0.1) is 28.0 Å². The van der Waals surface area contributed by atoms with Gasteiger partial charge in [0.2, 0.25) is 0 Å². The minimum absolute atomic E-state index is 0.0521. The molecule has 0 radical (unpaired) electrons. The Balaban J connectivity index is 1.74. The molecule has 8 nitrogen and oxygen atoms in total. The van der Waals surface area contributed by atoms with Crippen LogP contribution in [0.2, 0.25) is 0 Å². The number of nitriles is 1. The molecular formula is C17H13BrFN5O3. The molecule has 1 aliphatic heterocycles. The Hall–Kier alpha value is -3.13. The molecule has 0 unspecified atom stereocenters. The summed E-state index contributed by atoms with van der Waals surface area (Å²) in [7, 11) is 1.51. The molecule has 0 bridgehead atoms. The summed E-state index contributed by atoms with van der Waals surface area (Å²) in [5.41, 5.74) is 1.32. The molecular weight excluding hydrogens is 421 g/mol. The molecule has 10 heteroatoms. The normalized spacial score (nSPS) is 13.2. The molecule has 1 heterocycles. The van der Waals surface area contributed by atoms with Gasteiger partial charge in [0.1, 0.15) is 5.82 Å². The van der Waals surface area contributed by atoms with Gasteiger partial charge in [-0.05, 0) is 52.3 Å². The molecule has 2 amide bonds. The van der Waals surface area contributed by atoms with Crippen LogP contribution in [0.5, 0.6) is 0 Å². The topological polar surface area (TPSA) is 92.1 Å². The largest absolute Gasteiger partial charge is 0.327 e. The Labute approximate surface area is 162 Å². The molecule has 2 N–H and O–H groups in total. The molecule has 3 rings (SSSR count). The van der Waals surface area contributed by atoms with Gasteiger partial charge in [-0.3, -0.25) is 15.4 Å². The fourth-order valence-corrected chi connectivity index (χ4v) is 2.60. The standard InChI is InChI=1S/C17H13BrFN5O3/c1-22(12-4-2-3-11(7-12)9-20)17(25)21-16-10-23(27-24(16)26)13-5-6-15(19)14(18)8-13/h2-8,10,26H,1H3,(H,21,25). The SMILES string of the molecule is CN(C(=O)NC1=CN(c2ccc(F)c(Br)c2)ON1O)c1cccc(C#N)c1. The first-order chi connectivity index (χ1) is 12.9. The number of hydrogen-bond acceptors (Lipinski definition) is 6. The number of carbonyl (C=O) groups excluding carboxylic acids is 1. The van der Waals surface area contributed by atoms with Crippen molar-refractivity contribution in [1.82, 2.24) is 10.5 Å². The molecule has 0 fully saturated rings. The van der Waals surface area contributed by atoms with Gasteiger partial charge < -0.3 is 0 Å². The molecule has 0 saturated carbocycles. The van der Waals surface area contributed by atoms with Gasteiger partial charge in [-0.15, -0.1) is 4.94 Å². The van der Waals surface area contributed by atoms with Crippen LogP contribution >= 0.6 is 15.9 Å². The number of hydroxylamine groups is 3. The molecule has 0 saturated heterocycles. The van der Waals surface area contributed by atoms with E-state index in [1.54, 1.807) is 24.3 Å². The second-order valence-electron chi connectivity index (χ2n) is 5.44. The number of benzene rings is 2. The number of carbonyl (C=O) groups is 1. The van der Waals surface area contributed by atoms with Crippen molar-refractivity contribution < 1.29 is 19.3 Å². The predicted molar refractivity (Wildman–Crippen MR) is 97.5 cm³/mol. The fourth-order valence-electron chi connectivity index (χ4n) is 2.23. The summed E-state index contributed by atoms with van der Waals surface area (Å²) in [6.45, 7) is 0. The van der Waals surface area contributed by atoms with Crippen LogP contribution in [0.4, 0.5) is 20.6 Å². The molecule has 2 aromatic carbocycles. The van der Waals surface area contributed by atoms with Crippen molar-refractivity contribution in [3.8, 4) is 6.07 Å². The lowest BCUT2D eigenvalue weighted by molar-refractivity contribution is -0.305. The maximum Gasteiger partial charge on any atom is 0.327 e. The van der Waals surface area contributed by atoms with Crippen LogP contribution in [-0.2, 0) is 4.94 Å². The highest BCUT2D eigenvalue weighted by molar-refractivity contribution is 9.10. The molecule has 0 atom stereocenters. The third-order valence-electron chi connectivity index (χ3n) is 3.67. The first kappa shape index (κ1) is 18.7. The Morgan fingerprint density at radius 1 is 1.37 bits per heavy atom. The van der Waals surface area contributed by atoms with Gasteiger partial charge in [-0.1, -0.05) is 11.3 Å². The zero-order valence-corrected chi connectivity index (χ0v) is 15.5. The minimum atomic E-state index is -0.568. The smallest absolute Gasteiger partial charge is 0.297 e. The highest BCUT2D eigenvalue weighted by atomic mass is 79.9. The minimum Gasteiger partial charge on any atom is -0.297 e. The number of anilines is 2. The van der Waals surface area contributed by atoms with E-state index in [9.17, 15) is 14.4 Å². The molecule has 1 aliphatic rings. The van der Waals surface area contributed by atoms with Crippen LogP contribution in [0.15, 0.2) is 59.0 Å². The summed E-state index contributed by atoms with van der Waals surface area (Å²) in [4.78, 5) is 18.8. The average molecular weight is 434 g/mol. The summed E-state index contributed by atoms with van der Waals surface area (Å²) < 4.78 is 13.6. The van der Waals surface area contributed by atoms with Crippen molar-refractivity contribution in [2.24, 2.45) is 0 Å². The Bertz CT molecular complexity index is 962. The van der Waals surface area contributed by atoms with E-state index in [1.807, 2.05) is 6.07 Å². The van der Waals surface area contributed by atoms with Crippen molar-refractivity contribution in [1.29, 1.82) is 5.26 Å². The summed E-state index contributed by atoms with van der Waals surface area (Å²) in [6, 6.07) is 12.0. The number of urea groups is 1. The first-order valence-electron chi connectivity index (χ1n) is 7.57. The lowest BCUT2D eigenvalue weighted by atomic mass is 10.2. The molecule has 2 aromatic rings. The quantitative estimate of drug-likeness (QED) is 0.769. The van der Waals surface area contributed by atoms with Crippen LogP contribution in [0.25, 0.3) is 0 Å². The molecule has 138 valence electrons. The highest BCUT2D eigenvalue weighted by Gasteiger charge is 2.26. The van der Waals surface area contributed by atoms with Gasteiger partial charge in [0.25, 0.3) is 0 Å². The van der Waals surface area contributed by atoms with E-state index in [4.69, 9.17) is 10.2 Å². The maximum atomic E-state index is 13.4. The number of rotatable bonds is 3. The third kappa shape index (κ3) is 4.01.